The molecule has 0 N–H and O–H groups in total. The molecule has 1 aliphatic heterocycles. The van der Waals surface area contributed by atoms with E-state index in [-0.39, 0.29) is 5.92 Å². The molecular formula is C14H22O4. The minimum Gasteiger partial charge on any atom is -0.422 e. The first-order valence-corrected chi connectivity index (χ1v) is 6.31. The summed E-state index contributed by atoms with van der Waals surface area (Å²) < 4.78 is 10.5. The Morgan fingerprint density at radius 2 is 1.72 bits per heavy atom. The number of allylic oxidation sites excluding steroid dienone is 1. The summed E-state index contributed by atoms with van der Waals surface area (Å²) in [7, 11) is 0. The lowest BCUT2D eigenvalue weighted by molar-refractivity contribution is -0.252. The van der Waals surface area contributed by atoms with Gasteiger partial charge in [0.2, 0.25) is 0 Å². The third kappa shape index (κ3) is 2.92. The van der Waals surface area contributed by atoms with Gasteiger partial charge in [-0.15, -0.1) is 6.58 Å². The number of cyclic esters (lactones) is 2. The van der Waals surface area contributed by atoms with Crippen LogP contribution in [0.5, 0.6) is 0 Å². The first kappa shape index (κ1) is 14.7. The van der Waals surface area contributed by atoms with Gasteiger partial charge in [-0.25, -0.2) is 0 Å². The highest BCUT2D eigenvalue weighted by Gasteiger charge is 2.55. The van der Waals surface area contributed by atoms with Crippen molar-refractivity contribution in [1.29, 1.82) is 0 Å². The summed E-state index contributed by atoms with van der Waals surface area (Å²) in [6.07, 6.45) is 3.11. The number of rotatable bonds is 5. The van der Waals surface area contributed by atoms with E-state index in [9.17, 15) is 9.59 Å². The fourth-order valence-electron chi connectivity index (χ4n) is 2.26. The Morgan fingerprint density at radius 3 is 2.11 bits per heavy atom. The van der Waals surface area contributed by atoms with Gasteiger partial charge < -0.3 is 9.47 Å². The highest BCUT2D eigenvalue weighted by molar-refractivity contribution is 6.01. The number of hydrogen-bond acceptors (Lipinski definition) is 4. The van der Waals surface area contributed by atoms with Crippen molar-refractivity contribution in [1.82, 2.24) is 0 Å². The van der Waals surface area contributed by atoms with Crippen LogP contribution in [0.15, 0.2) is 12.7 Å². The molecular weight excluding hydrogens is 232 g/mol. The molecule has 0 aromatic rings. The van der Waals surface area contributed by atoms with Crippen molar-refractivity contribution in [3.05, 3.63) is 12.7 Å². The molecule has 0 radical (unpaired) electrons. The fraction of sp³-hybridized carbons (Fsp3) is 0.714. The van der Waals surface area contributed by atoms with Crippen LogP contribution in [-0.4, -0.2) is 17.7 Å². The van der Waals surface area contributed by atoms with E-state index in [1.54, 1.807) is 19.9 Å². The largest absolute Gasteiger partial charge is 0.422 e. The normalized spacial score (nSPS) is 21.4. The van der Waals surface area contributed by atoms with Crippen LogP contribution in [0.4, 0.5) is 0 Å². The lowest BCUT2D eigenvalue weighted by Gasteiger charge is -2.40. The third-order valence-electron chi connectivity index (χ3n) is 2.99. The molecule has 1 saturated heterocycles. The summed E-state index contributed by atoms with van der Waals surface area (Å²) in [6, 6.07) is 0. The molecule has 4 nitrogen and oxygen atoms in total. The molecule has 1 rings (SSSR count). The van der Waals surface area contributed by atoms with Crippen molar-refractivity contribution in [2.75, 3.05) is 0 Å². The summed E-state index contributed by atoms with van der Waals surface area (Å²) in [6.45, 7) is 10.7. The molecule has 0 amide bonds. The van der Waals surface area contributed by atoms with Crippen molar-refractivity contribution >= 4 is 11.9 Å². The maximum atomic E-state index is 12.2. The minimum atomic E-state index is -1.17. The summed E-state index contributed by atoms with van der Waals surface area (Å²) >= 11 is 0. The molecule has 1 heterocycles. The molecule has 4 heteroatoms. The van der Waals surface area contributed by atoms with Crippen LogP contribution in [0.25, 0.3) is 0 Å². The monoisotopic (exact) mass is 254 g/mol. The van der Waals surface area contributed by atoms with E-state index in [0.29, 0.717) is 19.3 Å². The SMILES string of the molecule is C=CCCC1(CC(C)C)C(=O)OC(C)(C)OC1=O. The summed E-state index contributed by atoms with van der Waals surface area (Å²) in [5.74, 6) is -1.90. The van der Waals surface area contributed by atoms with E-state index in [1.165, 1.54) is 0 Å². The summed E-state index contributed by atoms with van der Waals surface area (Å²) in [5.41, 5.74) is -1.17. The highest BCUT2D eigenvalue weighted by Crippen LogP contribution is 2.41. The second-order valence-electron chi connectivity index (χ2n) is 5.69. The fourth-order valence-corrected chi connectivity index (χ4v) is 2.26. The van der Waals surface area contributed by atoms with Gasteiger partial charge in [-0.1, -0.05) is 19.9 Å². The van der Waals surface area contributed by atoms with Crippen molar-refractivity contribution < 1.29 is 19.1 Å². The lowest BCUT2D eigenvalue weighted by atomic mass is 9.75. The maximum absolute atomic E-state index is 12.2. The number of hydrogen-bond donors (Lipinski definition) is 0. The van der Waals surface area contributed by atoms with Crippen molar-refractivity contribution in [2.45, 2.75) is 52.7 Å². The molecule has 0 aromatic heterocycles. The molecule has 0 saturated carbocycles. The van der Waals surface area contributed by atoms with Gasteiger partial charge >= 0.3 is 11.9 Å². The molecule has 102 valence electrons. The van der Waals surface area contributed by atoms with E-state index < -0.39 is 23.1 Å². The maximum Gasteiger partial charge on any atom is 0.326 e. The van der Waals surface area contributed by atoms with E-state index >= 15 is 0 Å². The molecule has 0 atom stereocenters. The van der Waals surface area contributed by atoms with Crippen LogP contribution >= 0.6 is 0 Å². The van der Waals surface area contributed by atoms with Gasteiger partial charge in [0.1, 0.15) is 0 Å². The van der Waals surface area contributed by atoms with Crippen LogP contribution in [0.1, 0.15) is 47.0 Å². The molecule has 1 aliphatic rings. The van der Waals surface area contributed by atoms with E-state index in [2.05, 4.69) is 6.58 Å². The molecule has 0 bridgehead atoms. The molecule has 0 aliphatic carbocycles. The van der Waals surface area contributed by atoms with E-state index in [1.807, 2.05) is 13.8 Å². The zero-order valence-electron chi connectivity index (χ0n) is 11.6. The van der Waals surface area contributed by atoms with Gasteiger partial charge in [-0.3, -0.25) is 9.59 Å². The Hall–Kier alpha value is -1.32. The van der Waals surface area contributed by atoms with Crippen molar-refractivity contribution in [3.8, 4) is 0 Å². The zero-order valence-corrected chi connectivity index (χ0v) is 11.6. The molecule has 1 fully saturated rings. The number of ether oxygens (including phenoxy) is 2. The number of carbonyl (C=O) groups excluding carboxylic acids is 2. The van der Waals surface area contributed by atoms with Crippen LogP contribution in [0, 0.1) is 11.3 Å². The van der Waals surface area contributed by atoms with E-state index in [0.717, 1.165) is 0 Å². The molecule has 0 aromatic carbocycles. The van der Waals surface area contributed by atoms with E-state index in [4.69, 9.17) is 9.47 Å². The molecule has 0 unspecified atom stereocenters. The van der Waals surface area contributed by atoms with Gasteiger partial charge in [-0.2, -0.15) is 0 Å². The summed E-state index contributed by atoms with van der Waals surface area (Å²) in [5, 5.41) is 0. The van der Waals surface area contributed by atoms with Crippen LogP contribution in [-0.2, 0) is 19.1 Å². The topological polar surface area (TPSA) is 52.6 Å². The Labute approximate surface area is 108 Å². The first-order chi connectivity index (χ1) is 8.23. The second-order valence-corrected chi connectivity index (χ2v) is 5.69. The lowest BCUT2D eigenvalue weighted by Crippen LogP contribution is -2.54. The van der Waals surface area contributed by atoms with Crippen molar-refractivity contribution in [2.24, 2.45) is 11.3 Å². The van der Waals surface area contributed by atoms with Crippen LogP contribution < -0.4 is 0 Å². The van der Waals surface area contributed by atoms with Gasteiger partial charge in [-0.05, 0) is 25.2 Å². The highest BCUT2D eigenvalue weighted by atomic mass is 16.7. The summed E-state index contributed by atoms with van der Waals surface area (Å²) in [4.78, 5) is 24.5. The predicted molar refractivity (Wildman–Crippen MR) is 67.6 cm³/mol. The van der Waals surface area contributed by atoms with Crippen molar-refractivity contribution in [3.63, 3.8) is 0 Å². The Balaban J connectivity index is 3.04. The van der Waals surface area contributed by atoms with Gasteiger partial charge in [0.15, 0.2) is 5.41 Å². The van der Waals surface area contributed by atoms with Gasteiger partial charge in [0.05, 0.1) is 0 Å². The third-order valence-corrected chi connectivity index (χ3v) is 2.99. The minimum absolute atomic E-state index is 0.205. The Morgan fingerprint density at radius 1 is 1.22 bits per heavy atom. The zero-order chi connectivity index (χ0) is 14.0. The first-order valence-electron chi connectivity index (χ1n) is 6.31. The second kappa shape index (κ2) is 5.12. The van der Waals surface area contributed by atoms with Gasteiger partial charge in [0, 0.05) is 13.8 Å². The standard InChI is InChI=1S/C14H22O4/c1-6-7-8-14(9-10(2)3)11(15)17-13(4,5)18-12(14)16/h6,10H,1,7-9H2,2-5H3. The number of carbonyl (C=O) groups is 2. The van der Waals surface area contributed by atoms with Crippen LogP contribution in [0.3, 0.4) is 0 Å². The van der Waals surface area contributed by atoms with Crippen LogP contribution in [0.2, 0.25) is 0 Å². The van der Waals surface area contributed by atoms with Gasteiger partial charge in [0.25, 0.3) is 5.79 Å². The number of esters is 2. The molecule has 0 spiro atoms. The average Bonchev–Trinajstić information content (AvgIpc) is 2.20. The quantitative estimate of drug-likeness (QED) is 0.430. The smallest absolute Gasteiger partial charge is 0.326 e. The predicted octanol–water partition coefficient (Wildman–Crippen LogP) is 2.82. The Kier molecular flexibility index (Phi) is 4.20. The average molecular weight is 254 g/mol. The molecule has 18 heavy (non-hydrogen) atoms. The Bertz CT molecular complexity index is 335.